The first-order valence-corrected chi connectivity index (χ1v) is 11.8. The maximum atomic E-state index is 11.9. The summed E-state index contributed by atoms with van der Waals surface area (Å²) < 4.78 is 16.6. The van der Waals surface area contributed by atoms with E-state index in [0.29, 0.717) is 24.7 Å². The van der Waals surface area contributed by atoms with Gasteiger partial charge in [0.1, 0.15) is 12.7 Å². The maximum Gasteiger partial charge on any atom is 0.309 e. The van der Waals surface area contributed by atoms with Gasteiger partial charge in [-0.2, -0.15) is 0 Å². The minimum Gasteiger partial charge on any atom is -0.493 e. The zero-order chi connectivity index (χ0) is 22.9. The van der Waals surface area contributed by atoms with Crippen LogP contribution in [0.3, 0.4) is 0 Å². The van der Waals surface area contributed by atoms with Crippen molar-refractivity contribution in [3.8, 4) is 11.5 Å². The number of likely N-dealkylation sites (tertiary alicyclic amines) is 1. The van der Waals surface area contributed by atoms with E-state index < -0.39 is 6.10 Å². The van der Waals surface area contributed by atoms with Crippen LogP contribution in [0, 0.1) is 5.92 Å². The zero-order valence-corrected chi connectivity index (χ0v) is 19.8. The highest BCUT2D eigenvalue weighted by Crippen LogP contribution is 2.29. The van der Waals surface area contributed by atoms with Crippen LogP contribution in [0.5, 0.6) is 11.5 Å². The number of β-amino-alcohol motifs (C(OH)–C–C–N with tert-alkyl or cyclic N) is 1. The molecule has 0 amide bonds. The summed E-state index contributed by atoms with van der Waals surface area (Å²) in [5.74, 6) is 1.27. The Morgan fingerprint density at radius 2 is 1.81 bits per heavy atom. The van der Waals surface area contributed by atoms with E-state index >= 15 is 0 Å². The Morgan fingerprint density at radius 3 is 2.47 bits per heavy atom. The fourth-order valence-corrected chi connectivity index (χ4v) is 4.34. The summed E-state index contributed by atoms with van der Waals surface area (Å²) in [6, 6.07) is 5.96. The molecule has 0 bridgehead atoms. The number of hydrogen-bond acceptors (Lipinski definition) is 8. The van der Waals surface area contributed by atoms with Crippen molar-refractivity contribution in [2.45, 2.75) is 32.4 Å². The lowest BCUT2D eigenvalue weighted by atomic mass is 9.96. The fourth-order valence-electron chi connectivity index (χ4n) is 4.34. The highest BCUT2D eigenvalue weighted by molar-refractivity contribution is 5.72. The number of carbonyl (C=O) groups is 1. The molecule has 0 aromatic heterocycles. The van der Waals surface area contributed by atoms with Crippen LogP contribution in [0.1, 0.15) is 25.3 Å². The van der Waals surface area contributed by atoms with Gasteiger partial charge >= 0.3 is 5.97 Å². The second-order valence-electron chi connectivity index (χ2n) is 8.86. The highest BCUT2D eigenvalue weighted by atomic mass is 16.5. The molecule has 1 atom stereocenters. The van der Waals surface area contributed by atoms with Crippen LogP contribution in [-0.2, 0) is 16.1 Å². The molecule has 180 valence electrons. The summed E-state index contributed by atoms with van der Waals surface area (Å²) in [6.45, 7) is 9.67. The van der Waals surface area contributed by atoms with Gasteiger partial charge in [-0.1, -0.05) is 6.07 Å². The van der Waals surface area contributed by atoms with Crippen molar-refractivity contribution in [1.29, 1.82) is 0 Å². The van der Waals surface area contributed by atoms with Gasteiger partial charge in [-0.05, 0) is 57.6 Å². The van der Waals surface area contributed by atoms with E-state index in [4.69, 9.17) is 14.2 Å². The van der Waals surface area contributed by atoms with Gasteiger partial charge in [-0.15, -0.1) is 0 Å². The van der Waals surface area contributed by atoms with Crippen LogP contribution >= 0.6 is 0 Å². The standard InChI is InChI=1S/C24H39N3O5/c1-4-31-24(29)20-7-9-26(10-8-20)16-19-5-6-22(30-3)23(15-19)32-18-21(28)17-27-13-11-25(2)12-14-27/h5-6,15,20-21,28H,4,7-14,16-18H2,1-3H3/t21-/m0/s1. The van der Waals surface area contributed by atoms with Gasteiger partial charge < -0.3 is 24.2 Å². The molecule has 1 aromatic carbocycles. The molecule has 1 N–H and O–H groups in total. The number of likely N-dealkylation sites (N-methyl/N-ethyl adjacent to an activating group) is 1. The van der Waals surface area contributed by atoms with E-state index in [1.165, 1.54) is 0 Å². The lowest BCUT2D eigenvalue weighted by Crippen LogP contribution is -2.47. The molecule has 2 aliphatic heterocycles. The van der Waals surface area contributed by atoms with Crippen LogP contribution in [0.2, 0.25) is 0 Å². The molecule has 0 spiro atoms. The summed E-state index contributed by atoms with van der Waals surface area (Å²) in [5.41, 5.74) is 1.13. The molecule has 2 fully saturated rings. The monoisotopic (exact) mass is 449 g/mol. The Bertz CT molecular complexity index is 716. The Balaban J connectivity index is 1.49. The first kappa shape index (κ1) is 24.8. The van der Waals surface area contributed by atoms with Gasteiger partial charge in [0.15, 0.2) is 11.5 Å². The maximum absolute atomic E-state index is 11.9. The number of aliphatic hydroxyl groups excluding tert-OH is 1. The third kappa shape index (κ3) is 7.33. The molecule has 1 aromatic rings. The largest absolute Gasteiger partial charge is 0.493 e. The summed E-state index contributed by atoms with van der Waals surface area (Å²) >= 11 is 0. The second-order valence-corrected chi connectivity index (χ2v) is 8.86. The minimum atomic E-state index is -0.548. The van der Waals surface area contributed by atoms with Crippen LogP contribution in [-0.4, -0.2) is 105 Å². The van der Waals surface area contributed by atoms with Gasteiger partial charge in [0, 0.05) is 39.3 Å². The molecule has 2 aliphatic rings. The first-order chi connectivity index (χ1) is 15.5. The number of aliphatic hydroxyl groups is 1. The zero-order valence-electron chi connectivity index (χ0n) is 19.8. The third-order valence-electron chi connectivity index (χ3n) is 6.34. The van der Waals surface area contributed by atoms with Crippen molar-refractivity contribution in [3.05, 3.63) is 23.8 Å². The molecular formula is C24H39N3O5. The second kappa shape index (κ2) is 12.4. The SMILES string of the molecule is CCOC(=O)C1CCN(Cc2ccc(OC)c(OC[C@@H](O)CN3CCN(C)CC3)c2)CC1. The van der Waals surface area contributed by atoms with E-state index in [1.54, 1.807) is 7.11 Å². The van der Waals surface area contributed by atoms with Crippen molar-refractivity contribution in [2.24, 2.45) is 5.92 Å². The normalized spacial score (nSPS) is 20.1. The number of benzene rings is 1. The van der Waals surface area contributed by atoms with E-state index in [0.717, 1.165) is 64.2 Å². The van der Waals surface area contributed by atoms with Crippen molar-refractivity contribution in [2.75, 3.05) is 73.2 Å². The number of carbonyl (C=O) groups excluding carboxylic acids is 1. The van der Waals surface area contributed by atoms with Crippen LogP contribution < -0.4 is 9.47 Å². The first-order valence-electron chi connectivity index (χ1n) is 11.8. The Morgan fingerprint density at radius 1 is 1.09 bits per heavy atom. The quantitative estimate of drug-likeness (QED) is 0.538. The molecule has 2 heterocycles. The molecule has 0 saturated carbocycles. The van der Waals surface area contributed by atoms with Gasteiger partial charge in [0.05, 0.1) is 19.6 Å². The molecule has 32 heavy (non-hydrogen) atoms. The average Bonchev–Trinajstić information content (AvgIpc) is 2.80. The average molecular weight is 450 g/mol. The fraction of sp³-hybridized carbons (Fsp3) is 0.708. The minimum absolute atomic E-state index is 0.0164. The van der Waals surface area contributed by atoms with Crippen molar-refractivity contribution in [1.82, 2.24) is 14.7 Å². The lowest BCUT2D eigenvalue weighted by molar-refractivity contribution is -0.149. The Labute approximate surface area is 192 Å². The summed E-state index contributed by atoms with van der Waals surface area (Å²) in [6.07, 6.45) is 1.11. The van der Waals surface area contributed by atoms with Gasteiger partial charge in [-0.3, -0.25) is 14.6 Å². The molecule has 3 rings (SSSR count). The third-order valence-corrected chi connectivity index (χ3v) is 6.34. The number of piperazine rings is 1. The summed E-state index contributed by atoms with van der Waals surface area (Å²) in [5, 5.41) is 10.5. The topological polar surface area (TPSA) is 74.7 Å². The van der Waals surface area contributed by atoms with Crippen molar-refractivity contribution in [3.63, 3.8) is 0 Å². The van der Waals surface area contributed by atoms with Crippen molar-refractivity contribution >= 4 is 5.97 Å². The lowest BCUT2D eigenvalue weighted by Gasteiger charge is -2.33. The summed E-state index contributed by atoms with van der Waals surface area (Å²) in [4.78, 5) is 18.9. The number of piperidine rings is 1. The molecule has 2 saturated heterocycles. The van der Waals surface area contributed by atoms with E-state index in [1.807, 2.05) is 25.1 Å². The van der Waals surface area contributed by atoms with Gasteiger partial charge in [-0.25, -0.2) is 0 Å². The summed E-state index contributed by atoms with van der Waals surface area (Å²) in [7, 11) is 3.75. The van der Waals surface area contributed by atoms with Crippen LogP contribution in [0.25, 0.3) is 0 Å². The molecule has 0 unspecified atom stereocenters. The van der Waals surface area contributed by atoms with Crippen LogP contribution in [0.4, 0.5) is 0 Å². The molecule has 8 nitrogen and oxygen atoms in total. The number of esters is 1. The van der Waals surface area contributed by atoms with Gasteiger partial charge in [0.25, 0.3) is 0 Å². The Kier molecular flexibility index (Phi) is 9.59. The molecule has 8 heteroatoms. The molecular weight excluding hydrogens is 410 g/mol. The predicted octanol–water partition coefficient (Wildman–Crippen LogP) is 1.46. The van der Waals surface area contributed by atoms with Gasteiger partial charge in [0.2, 0.25) is 0 Å². The number of hydrogen-bond donors (Lipinski definition) is 1. The highest BCUT2D eigenvalue weighted by Gasteiger charge is 2.26. The van der Waals surface area contributed by atoms with E-state index in [2.05, 4.69) is 21.7 Å². The number of nitrogens with zero attached hydrogens (tertiary/aromatic N) is 3. The number of rotatable bonds is 10. The number of methoxy groups -OCH3 is 1. The van der Waals surface area contributed by atoms with E-state index in [9.17, 15) is 9.90 Å². The number of ether oxygens (including phenoxy) is 3. The van der Waals surface area contributed by atoms with E-state index in [-0.39, 0.29) is 18.5 Å². The molecule has 0 aliphatic carbocycles. The molecule has 0 radical (unpaired) electrons. The van der Waals surface area contributed by atoms with Crippen LogP contribution in [0.15, 0.2) is 18.2 Å². The van der Waals surface area contributed by atoms with Crippen molar-refractivity contribution < 1.29 is 24.1 Å². The predicted molar refractivity (Wildman–Crippen MR) is 123 cm³/mol. The smallest absolute Gasteiger partial charge is 0.309 e. The Hall–Kier alpha value is -1.87.